The fourth-order valence-electron chi connectivity index (χ4n) is 3.83. The maximum absolute atomic E-state index is 13.9. The van der Waals surface area contributed by atoms with E-state index in [9.17, 15) is 35.8 Å². The maximum Gasteiger partial charge on any atom is 0.435 e. The lowest BCUT2D eigenvalue weighted by molar-refractivity contribution is -0.142. The van der Waals surface area contributed by atoms with Gasteiger partial charge < -0.3 is 15.3 Å². The topological polar surface area (TPSA) is 125 Å². The molecule has 2 aromatic rings. The summed E-state index contributed by atoms with van der Waals surface area (Å²) in [5.74, 6) is -5.26. The Bertz CT molecular complexity index is 1330. The summed E-state index contributed by atoms with van der Waals surface area (Å²) < 4.78 is 84.6. The number of hydrogen-bond donors (Lipinski definition) is 2. The molecular weight excluding hydrogens is 525 g/mol. The molecule has 2 heterocycles. The molecule has 1 unspecified atom stereocenters. The predicted octanol–water partition coefficient (Wildman–Crippen LogP) is 3.66. The van der Waals surface area contributed by atoms with Crippen LogP contribution in [-0.2, 0) is 20.7 Å². The van der Waals surface area contributed by atoms with Crippen LogP contribution in [0.25, 0.3) is 0 Å². The first kappa shape index (κ1) is 28.4. The predicted molar refractivity (Wildman–Crippen MR) is 124 cm³/mol. The minimum Gasteiger partial charge on any atom is -0.386 e. The average molecular weight is 550 g/mol. The number of alkyl halides is 5. The van der Waals surface area contributed by atoms with Crippen LogP contribution in [0.3, 0.4) is 0 Å². The van der Waals surface area contributed by atoms with Crippen LogP contribution in [-0.4, -0.2) is 63.2 Å². The van der Waals surface area contributed by atoms with Gasteiger partial charge in [0, 0.05) is 42.8 Å². The number of carbonyl (C=O) groups is 2. The fourth-order valence-corrected chi connectivity index (χ4v) is 5.05. The van der Waals surface area contributed by atoms with Crippen LogP contribution < -0.4 is 10.2 Å². The van der Waals surface area contributed by atoms with E-state index in [-0.39, 0.29) is 35.9 Å². The van der Waals surface area contributed by atoms with Gasteiger partial charge >= 0.3 is 6.18 Å². The van der Waals surface area contributed by atoms with Gasteiger partial charge in [0.05, 0.1) is 15.3 Å². The van der Waals surface area contributed by atoms with Crippen molar-refractivity contribution < 1.29 is 40.9 Å². The molecule has 2 amide bonds. The number of aromatic nitrogens is 2. The minimum absolute atomic E-state index is 0.0156. The molecule has 3 rings (SSSR count). The van der Waals surface area contributed by atoms with E-state index in [0.29, 0.717) is 0 Å². The first-order valence-electron chi connectivity index (χ1n) is 11.0. The lowest BCUT2D eigenvalue weighted by Crippen LogP contribution is -2.31. The molecule has 1 aliphatic rings. The molecule has 1 fully saturated rings. The lowest BCUT2D eigenvalue weighted by Gasteiger charge is -2.25. The highest BCUT2D eigenvalue weighted by molar-refractivity contribution is 7.93. The molecule has 37 heavy (non-hydrogen) atoms. The third-order valence-corrected chi connectivity index (χ3v) is 7.33. The second kappa shape index (κ2) is 10.7. The molecule has 0 saturated carbocycles. The zero-order valence-electron chi connectivity index (χ0n) is 19.8. The van der Waals surface area contributed by atoms with E-state index in [0.717, 1.165) is 13.2 Å². The Morgan fingerprint density at radius 1 is 1.22 bits per heavy atom. The average Bonchev–Trinajstić information content (AvgIpc) is 2.98. The molecule has 1 aromatic heterocycles. The summed E-state index contributed by atoms with van der Waals surface area (Å²) in [5.41, 5.74) is -2.41. The van der Waals surface area contributed by atoms with Gasteiger partial charge in [0.25, 0.3) is 11.8 Å². The van der Waals surface area contributed by atoms with Crippen LogP contribution in [0.2, 0.25) is 0 Å². The highest BCUT2D eigenvalue weighted by atomic mass is 32.2. The summed E-state index contributed by atoms with van der Waals surface area (Å²) in [4.78, 5) is 26.0. The van der Waals surface area contributed by atoms with E-state index in [1.54, 1.807) is 0 Å². The summed E-state index contributed by atoms with van der Waals surface area (Å²) in [5, 5.41) is 18.1. The van der Waals surface area contributed by atoms with Gasteiger partial charge in [-0.1, -0.05) is 6.07 Å². The molecule has 0 bridgehead atoms. The monoisotopic (exact) mass is 549 g/mol. The van der Waals surface area contributed by atoms with Crippen LogP contribution in [0.15, 0.2) is 33.5 Å². The standard InChI is InChI=1S/C22H24F5N5O4S/c1-13-17(20(35)28-14-5-3-6-15(11-14)37(2,36)31-16(34)12-33)19(30-29-18(13)22(25,26)27)32-9-4-7-21(23,24)8-10-32/h3,5-6,11,33H,4,7-10,12H2,1-2H3,(H,28,35). The number of benzene rings is 1. The highest BCUT2D eigenvalue weighted by Crippen LogP contribution is 2.36. The Hall–Kier alpha value is -3.20. The Morgan fingerprint density at radius 2 is 1.92 bits per heavy atom. The normalized spacial score (nSPS) is 17.5. The summed E-state index contributed by atoms with van der Waals surface area (Å²) in [6, 6.07) is 5.32. The molecule has 0 spiro atoms. The number of nitrogens with one attached hydrogen (secondary N) is 1. The smallest absolute Gasteiger partial charge is 0.386 e. The van der Waals surface area contributed by atoms with E-state index in [4.69, 9.17) is 5.11 Å². The first-order chi connectivity index (χ1) is 17.1. The second-order valence-electron chi connectivity index (χ2n) is 8.49. The van der Waals surface area contributed by atoms with Crippen molar-refractivity contribution in [1.82, 2.24) is 10.2 Å². The summed E-state index contributed by atoms with van der Waals surface area (Å²) in [6.07, 6.45) is -4.74. The number of carbonyl (C=O) groups excluding carboxylic acids is 2. The number of anilines is 2. The zero-order valence-corrected chi connectivity index (χ0v) is 20.6. The van der Waals surface area contributed by atoms with Crippen molar-refractivity contribution in [2.45, 2.75) is 43.2 Å². The lowest BCUT2D eigenvalue weighted by atomic mass is 10.1. The van der Waals surface area contributed by atoms with Crippen molar-refractivity contribution in [3.05, 3.63) is 41.1 Å². The number of rotatable bonds is 5. The molecule has 2 N–H and O–H groups in total. The van der Waals surface area contributed by atoms with Crippen molar-refractivity contribution in [3.63, 3.8) is 0 Å². The summed E-state index contributed by atoms with van der Waals surface area (Å²) in [6.45, 7) is -0.136. The Morgan fingerprint density at radius 3 is 2.57 bits per heavy atom. The van der Waals surface area contributed by atoms with Crippen LogP contribution >= 0.6 is 0 Å². The van der Waals surface area contributed by atoms with Crippen molar-refractivity contribution in [3.8, 4) is 0 Å². The van der Waals surface area contributed by atoms with Gasteiger partial charge in [-0.3, -0.25) is 9.59 Å². The van der Waals surface area contributed by atoms with E-state index in [2.05, 4.69) is 19.9 Å². The largest absolute Gasteiger partial charge is 0.435 e. The number of aliphatic hydroxyl groups is 1. The Kier molecular flexibility index (Phi) is 8.17. The number of amides is 2. The van der Waals surface area contributed by atoms with E-state index >= 15 is 0 Å². The molecule has 1 aliphatic heterocycles. The van der Waals surface area contributed by atoms with Crippen LogP contribution in [0.4, 0.5) is 33.5 Å². The quantitative estimate of drug-likeness (QED) is 0.546. The molecule has 1 aromatic carbocycles. The van der Waals surface area contributed by atoms with Crippen molar-refractivity contribution in [2.75, 3.05) is 36.2 Å². The SMILES string of the molecule is Cc1c(C(F)(F)F)nnc(N2CCCC(F)(F)CC2)c1C(=O)Nc1cccc(S(C)(=O)=NC(=O)CO)c1. The number of aliphatic hydroxyl groups excluding tert-OH is 1. The van der Waals surface area contributed by atoms with E-state index in [1.165, 1.54) is 29.2 Å². The van der Waals surface area contributed by atoms with E-state index in [1.807, 2.05) is 0 Å². The summed E-state index contributed by atoms with van der Waals surface area (Å²) in [7, 11) is -3.31. The van der Waals surface area contributed by atoms with Gasteiger partial charge in [0.15, 0.2) is 11.5 Å². The second-order valence-corrected chi connectivity index (χ2v) is 10.8. The first-order valence-corrected chi connectivity index (χ1v) is 12.9. The van der Waals surface area contributed by atoms with Gasteiger partial charge in [-0.25, -0.2) is 13.0 Å². The number of halogens is 5. The molecule has 15 heteroatoms. The van der Waals surface area contributed by atoms with Crippen molar-refractivity contribution in [2.24, 2.45) is 4.36 Å². The molecule has 0 aliphatic carbocycles. The van der Waals surface area contributed by atoms with Gasteiger partial charge in [-0.2, -0.15) is 17.5 Å². The zero-order chi connectivity index (χ0) is 27.6. The van der Waals surface area contributed by atoms with Crippen molar-refractivity contribution in [1.29, 1.82) is 0 Å². The minimum atomic E-state index is -4.93. The Balaban J connectivity index is 2.04. The number of hydrogen-bond acceptors (Lipinski definition) is 7. The van der Waals surface area contributed by atoms with Gasteiger partial charge in [-0.05, 0) is 37.1 Å². The summed E-state index contributed by atoms with van der Waals surface area (Å²) >= 11 is 0. The van der Waals surface area contributed by atoms with Crippen LogP contribution in [0.5, 0.6) is 0 Å². The third kappa shape index (κ3) is 6.77. The molecule has 202 valence electrons. The van der Waals surface area contributed by atoms with E-state index < -0.39 is 69.9 Å². The van der Waals surface area contributed by atoms with Gasteiger partial charge in [0.2, 0.25) is 5.92 Å². The van der Waals surface area contributed by atoms with Gasteiger partial charge in [0.1, 0.15) is 6.61 Å². The highest BCUT2D eigenvalue weighted by Gasteiger charge is 2.39. The molecule has 1 atom stereocenters. The maximum atomic E-state index is 13.9. The van der Waals surface area contributed by atoms with Gasteiger partial charge in [-0.15, -0.1) is 10.2 Å². The molecular formula is C22H24F5N5O4S. The molecule has 0 radical (unpaired) electrons. The molecule has 9 nitrogen and oxygen atoms in total. The van der Waals surface area contributed by atoms with Crippen LogP contribution in [0, 0.1) is 6.92 Å². The third-order valence-electron chi connectivity index (χ3n) is 5.65. The molecule has 1 saturated heterocycles. The fraction of sp³-hybridized carbons (Fsp3) is 0.455. The Labute approximate surface area is 209 Å². The number of nitrogens with zero attached hydrogens (tertiary/aromatic N) is 4. The van der Waals surface area contributed by atoms with Crippen molar-refractivity contribution >= 4 is 33.0 Å². The van der Waals surface area contributed by atoms with Crippen LogP contribution in [0.1, 0.15) is 40.9 Å².